The van der Waals surface area contributed by atoms with Crippen molar-refractivity contribution in [3.63, 3.8) is 0 Å². The van der Waals surface area contributed by atoms with Crippen LogP contribution in [-0.2, 0) is 19.1 Å². The van der Waals surface area contributed by atoms with Crippen molar-refractivity contribution < 1.29 is 30.6 Å². The van der Waals surface area contributed by atoms with E-state index >= 15 is 0 Å². The minimum absolute atomic E-state index is 0.933. The average molecular weight is 220 g/mol. The second-order valence-electron chi connectivity index (χ2n) is 2.46. The largest absolute Gasteiger partial charge is 0.534 e. The van der Waals surface area contributed by atoms with E-state index < -0.39 is 27.5 Å². The highest BCUT2D eigenvalue weighted by Crippen LogP contribution is 2.25. The molecule has 0 aromatic carbocycles. The highest BCUT2D eigenvalue weighted by Gasteiger charge is 2.49. The summed E-state index contributed by atoms with van der Waals surface area (Å²) in [5.74, 6) is -2.37. The van der Waals surface area contributed by atoms with E-state index in [0.29, 0.717) is 0 Å². The highest BCUT2D eigenvalue weighted by molar-refractivity contribution is 7.88. The minimum atomic E-state index is -5.79. The Morgan fingerprint density at radius 2 is 1.69 bits per heavy atom. The molecule has 0 aliphatic heterocycles. The molecule has 0 radical (unpaired) electrons. The summed E-state index contributed by atoms with van der Waals surface area (Å²) in [7, 11) is -5.79. The van der Waals surface area contributed by atoms with Crippen molar-refractivity contribution in [3.8, 4) is 0 Å². The van der Waals surface area contributed by atoms with Gasteiger partial charge in [0.15, 0.2) is 0 Å². The lowest BCUT2D eigenvalue weighted by Gasteiger charge is -2.09. The van der Waals surface area contributed by atoms with Gasteiger partial charge in [0.1, 0.15) is 0 Å². The fourth-order valence-electron chi connectivity index (χ4n) is 0.252. The zero-order valence-electron chi connectivity index (χ0n) is 6.75. The number of hydrogen-bond acceptors (Lipinski definition) is 4. The monoisotopic (exact) mass is 220 g/mol. The smallest absolute Gasteiger partial charge is 0.339 e. The van der Waals surface area contributed by atoms with E-state index in [1.54, 1.807) is 0 Å². The number of hydrogen-bond donors (Lipinski definition) is 0. The molecule has 0 unspecified atom stereocenters. The van der Waals surface area contributed by atoms with Crippen molar-refractivity contribution in [2.45, 2.75) is 19.4 Å². The first-order chi connectivity index (χ1) is 5.58. The molecule has 0 bridgehead atoms. The van der Waals surface area contributed by atoms with Crippen LogP contribution in [0.25, 0.3) is 0 Å². The first-order valence-corrected chi connectivity index (χ1v) is 4.53. The Morgan fingerprint density at radius 1 is 1.31 bits per heavy atom. The molecule has 0 spiro atoms. The molecule has 0 aromatic rings. The molecule has 0 aliphatic rings. The number of halogens is 3. The maximum absolute atomic E-state index is 11.6. The Bertz CT molecular complexity index is 289. The van der Waals surface area contributed by atoms with E-state index in [4.69, 9.17) is 0 Å². The van der Waals surface area contributed by atoms with Gasteiger partial charge in [0.05, 0.1) is 5.92 Å². The van der Waals surface area contributed by atoms with Gasteiger partial charge in [-0.25, -0.2) is 0 Å². The SMILES string of the molecule is CC(C)C(=O)OS(=O)(=O)C(F)(F)F. The third-order valence-electron chi connectivity index (χ3n) is 0.947. The summed E-state index contributed by atoms with van der Waals surface area (Å²) in [4.78, 5) is 10.5. The number of carbonyl (C=O) groups excluding carboxylic acids is 1. The lowest BCUT2D eigenvalue weighted by molar-refractivity contribution is -0.139. The third kappa shape index (κ3) is 3.21. The van der Waals surface area contributed by atoms with Crippen molar-refractivity contribution in [2.75, 3.05) is 0 Å². The third-order valence-corrected chi connectivity index (χ3v) is 1.90. The van der Waals surface area contributed by atoms with Crippen molar-refractivity contribution in [1.82, 2.24) is 0 Å². The van der Waals surface area contributed by atoms with E-state index in [1.807, 2.05) is 0 Å². The van der Waals surface area contributed by atoms with Crippen LogP contribution >= 0.6 is 0 Å². The van der Waals surface area contributed by atoms with Gasteiger partial charge in [-0.1, -0.05) is 13.8 Å². The Kier molecular flexibility index (Phi) is 3.31. The van der Waals surface area contributed by atoms with Gasteiger partial charge in [-0.2, -0.15) is 21.6 Å². The van der Waals surface area contributed by atoms with Gasteiger partial charge in [-0.05, 0) is 0 Å². The molecule has 0 rings (SSSR count). The lowest BCUT2D eigenvalue weighted by atomic mass is 10.2. The minimum Gasteiger partial charge on any atom is -0.339 e. The van der Waals surface area contributed by atoms with Crippen molar-refractivity contribution in [2.24, 2.45) is 5.92 Å². The Morgan fingerprint density at radius 3 is 1.92 bits per heavy atom. The van der Waals surface area contributed by atoms with Crippen LogP contribution in [0.1, 0.15) is 13.8 Å². The summed E-state index contributed by atoms with van der Waals surface area (Å²) in [6, 6.07) is 0. The standard InChI is InChI=1S/C5H7F3O4S/c1-3(2)4(9)12-13(10,11)5(6,7)8/h3H,1-2H3. The molecule has 0 amide bonds. The summed E-state index contributed by atoms with van der Waals surface area (Å²) in [5.41, 5.74) is -5.56. The molecule has 0 fully saturated rings. The van der Waals surface area contributed by atoms with E-state index in [0.717, 1.165) is 0 Å². The molecule has 78 valence electrons. The van der Waals surface area contributed by atoms with Gasteiger partial charge >= 0.3 is 21.6 Å². The van der Waals surface area contributed by atoms with Crippen LogP contribution in [0.5, 0.6) is 0 Å². The average Bonchev–Trinajstić information content (AvgIpc) is 1.83. The quantitative estimate of drug-likeness (QED) is 0.515. The highest BCUT2D eigenvalue weighted by atomic mass is 32.2. The second-order valence-corrected chi connectivity index (χ2v) is 3.99. The molecule has 0 N–H and O–H groups in total. The molecule has 0 atom stereocenters. The van der Waals surface area contributed by atoms with Crippen molar-refractivity contribution in [1.29, 1.82) is 0 Å². The summed E-state index contributed by atoms with van der Waals surface area (Å²) >= 11 is 0. The lowest BCUT2D eigenvalue weighted by Crippen LogP contribution is -2.29. The first-order valence-electron chi connectivity index (χ1n) is 3.12. The van der Waals surface area contributed by atoms with E-state index in [2.05, 4.69) is 4.18 Å². The van der Waals surface area contributed by atoms with E-state index in [-0.39, 0.29) is 0 Å². The number of rotatable bonds is 2. The van der Waals surface area contributed by atoms with Crippen LogP contribution in [0.3, 0.4) is 0 Å². The van der Waals surface area contributed by atoms with E-state index in [1.165, 1.54) is 13.8 Å². The Balaban J connectivity index is 4.65. The van der Waals surface area contributed by atoms with Crippen LogP contribution in [0, 0.1) is 5.92 Å². The predicted molar refractivity (Wildman–Crippen MR) is 35.9 cm³/mol. The fraction of sp³-hybridized carbons (Fsp3) is 0.800. The zero-order valence-corrected chi connectivity index (χ0v) is 7.57. The van der Waals surface area contributed by atoms with Crippen LogP contribution in [-0.4, -0.2) is 19.9 Å². The molecule has 0 saturated heterocycles. The van der Waals surface area contributed by atoms with Gasteiger partial charge in [-0.3, -0.25) is 4.79 Å². The van der Waals surface area contributed by atoms with Gasteiger partial charge < -0.3 is 4.18 Å². The number of alkyl halides is 3. The zero-order chi connectivity index (χ0) is 10.9. The summed E-state index contributed by atoms with van der Waals surface area (Å²) in [6.07, 6.45) is 0. The van der Waals surface area contributed by atoms with Crippen molar-refractivity contribution >= 4 is 16.1 Å². The summed E-state index contributed by atoms with van der Waals surface area (Å²) in [6.45, 7) is 2.43. The molecule has 0 heterocycles. The molecule has 4 nitrogen and oxygen atoms in total. The Labute approximate surface area is 72.8 Å². The maximum atomic E-state index is 11.6. The first kappa shape index (κ1) is 12.2. The normalized spacial score (nSPS) is 13.1. The molecular formula is C5H7F3O4S. The Hall–Kier alpha value is -0.790. The van der Waals surface area contributed by atoms with Gasteiger partial charge in [0.25, 0.3) is 0 Å². The topological polar surface area (TPSA) is 60.4 Å². The van der Waals surface area contributed by atoms with Crippen LogP contribution in [0.15, 0.2) is 0 Å². The molecule has 0 aromatic heterocycles. The molecular weight excluding hydrogens is 213 g/mol. The van der Waals surface area contributed by atoms with Gasteiger partial charge in [0, 0.05) is 0 Å². The summed E-state index contributed by atoms with van der Waals surface area (Å²) in [5, 5.41) is 0. The van der Waals surface area contributed by atoms with Crippen molar-refractivity contribution in [3.05, 3.63) is 0 Å². The van der Waals surface area contributed by atoms with Crippen LogP contribution in [0.4, 0.5) is 13.2 Å². The van der Waals surface area contributed by atoms with Crippen LogP contribution < -0.4 is 0 Å². The van der Waals surface area contributed by atoms with E-state index in [9.17, 15) is 26.4 Å². The number of carbonyl (C=O) groups is 1. The molecule has 0 saturated carbocycles. The van der Waals surface area contributed by atoms with Crippen LogP contribution in [0.2, 0.25) is 0 Å². The predicted octanol–water partition coefficient (Wildman–Crippen LogP) is 1.04. The second kappa shape index (κ2) is 3.52. The molecule has 0 aliphatic carbocycles. The fourth-order valence-corrected chi connectivity index (χ4v) is 0.755. The molecule has 8 heteroatoms. The molecule has 13 heavy (non-hydrogen) atoms. The maximum Gasteiger partial charge on any atom is 0.534 e. The summed E-state index contributed by atoms with van der Waals surface area (Å²) < 4.78 is 58.4. The van der Waals surface area contributed by atoms with Gasteiger partial charge in [-0.15, -0.1) is 0 Å². The van der Waals surface area contributed by atoms with Gasteiger partial charge in [0.2, 0.25) is 0 Å².